The molecule has 0 aliphatic carbocycles. The van der Waals surface area contributed by atoms with Crippen LogP contribution in [0.1, 0.15) is 0 Å². The molecular formula is C9H7ClN4O2. The second-order valence-corrected chi connectivity index (χ2v) is 3.58. The monoisotopic (exact) mass is 238 g/mol. The van der Waals surface area contributed by atoms with Gasteiger partial charge in [-0.25, -0.2) is 4.68 Å². The van der Waals surface area contributed by atoms with E-state index in [0.29, 0.717) is 16.4 Å². The Morgan fingerprint density at radius 3 is 2.75 bits per heavy atom. The molecule has 0 aliphatic heterocycles. The molecular weight excluding hydrogens is 232 g/mol. The molecule has 0 spiro atoms. The van der Waals surface area contributed by atoms with Gasteiger partial charge in [-0.05, 0) is 6.07 Å². The minimum atomic E-state index is -0.509. The molecule has 2 N–H and O–H groups in total. The van der Waals surface area contributed by atoms with E-state index in [-0.39, 0.29) is 5.69 Å². The summed E-state index contributed by atoms with van der Waals surface area (Å²) in [4.78, 5) is 10.1. The number of rotatable bonds is 2. The van der Waals surface area contributed by atoms with Crippen molar-refractivity contribution in [3.05, 3.63) is 45.7 Å². The minimum absolute atomic E-state index is 0.0818. The summed E-state index contributed by atoms with van der Waals surface area (Å²) < 4.78 is 1.42. The minimum Gasteiger partial charge on any atom is -0.398 e. The molecule has 0 unspecified atom stereocenters. The first kappa shape index (κ1) is 10.4. The van der Waals surface area contributed by atoms with Crippen molar-refractivity contribution in [3.8, 4) is 5.69 Å². The number of hydrogen-bond donors (Lipinski definition) is 1. The summed E-state index contributed by atoms with van der Waals surface area (Å²) >= 11 is 5.70. The summed E-state index contributed by atoms with van der Waals surface area (Å²) in [5.74, 6) is 0. The summed E-state index contributed by atoms with van der Waals surface area (Å²) in [5.41, 5.74) is 6.28. The second-order valence-electron chi connectivity index (χ2n) is 3.14. The topological polar surface area (TPSA) is 87.0 Å². The third-order valence-electron chi connectivity index (χ3n) is 1.95. The number of nitro benzene ring substituents is 1. The maximum absolute atomic E-state index is 10.6. The fraction of sp³-hybridized carbons (Fsp3) is 0. The third-order valence-corrected chi connectivity index (χ3v) is 2.15. The predicted molar refractivity (Wildman–Crippen MR) is 59.6 cm³/mol. The largest absolute Gasteiger partial charge is 0.398 e. The van der Waals surface area contributed by atoms with Crippen LogP contribution in [0.25, 0.3) is 5.69 Å². The van der Waals surface area contributed by atoms with E-state index in [2.05, 4.69) is 5.10 Å². The quantitative estimate of drug-likeness (QED) is 0.493. The number of anilines is 1. The third kappa shape index (κ3) is 1.96. The molecule has 0 aliphatic rings. The normalized spacial score (nSPS) is 10.3. The lowest BCUT2D eigenvalue weighted by Gasteiger charge is -2.02. The number of benzene rings is 1. The number of halogens is 1. The molecule has 16 heavy (non-hydrogen) atoms. The zero-order valence-corrected chi connectivity index (χ0v) is 8.76. The first-order chi connectivity index (χ1) is 7.56. The highest BCUT2D eigenvalue weighted by Gasteiger charge is 2.10. The molecule has 0 amide bonds. The smallest absolute Gasteiger partial charge is 0.273 e. The first-order valence-electron chi connectivity index (χ1n) is 4.32. The van der Waals surface area contributed by atoms with Crippen LogP contribution in [0.3, 0.4) is 0 Å². The Kier molecular flexibility index (Phi) is 2.49. The van der Waals surface area contributed by atoms with Crippen LogP contribution in [0, 0.1) is 10.1 Å². The molecule has 1 aromatic carbocycles. The average molecular weight is 239 g/mol. The van der Waals surface area contributed by atoms with Crippen LogP contribution in [-0.4, -0.2) is 14.7 Å². The van der Waals surface area contributed by atoms with Crippen LogP contribution in [0.4, 0.5) is 11.4 Å². The Morgan fingerprint density at radius 1 is 1.44 bits per heavy atom. The number of nitrogen functional groups attached to an aromatic ring is 1. The molecule has 0 atom stereocenters. The molecule has 0 saturated heterocycles. The van der Waals surface area contributed by atoms with Gasteiger partial charge in [0.05, 0.1) is 21.8 Å². The van der Waals surface area contributed by atoms with E-state index in [1.807, 2.05) is 0 Å². The van der Waals surface area contributed by atoms with Crippen LogP contribution in [-0.2, 0) is 0 Å². The Labute approximate surface area is 95.4 Å². The van der Waals surface area contributed by atoms with Gasteiger partial charge in [-0.1, -0.05) is 11.6 Å². The molecule has 2 rings (SSSR count). The van der Waals surface area contributed by atoms with Crippen LogP contribution >= 0.6 is 11.6 Å². The molecule has 6 nitrogen and oxygen atoms in total. The Bertz CT molecular complexity index is 552. The number of nitrogens with two attached hydrogens (primary N) is 1. The van der Waals surface area contributed by atoms with Gasteiger partial charge < -0.3 is 5.73 Å². The molecule has 82 valence electrons. The fourth-order valence-corrected chi connectivity index (χ4v) is 1.43. The van der Waals surface area contributed by atoms with Crippen LogP contribution in [0.5, 0.6) is 0 Å². The van der Waals surface area contributed by atoms with E-state index in [0.717, 1.165) is 0 Å². The van der Waals surface area contributed by atoms with Crippen molar-refractivity contribution in [2.45, 2.75) is 0 Å². The van der Waals surface area contributed by atoms with Crippen LogP contribution in [0.15, 0.2) is 30.6 Å². The zero-order chi connectivity index (χ0) is 11.7. The average Bonchev–Trinajstić information content (AvgIpc) is 2.64. The van der Waals surface area contributed by atoms with Crippen molar-refractivity contribution < 1.29 is 4.92 Å². The highest BCUT2D eigenvalue weighted by Crippen LogP contribution is 2.21. The fourth-order valence-electron chi connectivity index (χ4n) is 1.30. The molecule has 1 heterocycles. The van der Waals surface area contributed by atoms with E-state index >= 15 is 0 Å². The number of nitrogens with zero attached hydrogens (tertiary/aromatic N) is 3. The highest BCUT2D eigenvalue weighted by atomic mass is 35.5. The molecule has 2 aromatic rings. The van der Waals surface area contributed by atoms with Gasteiger partial charge in [-0.3, -0.25) is 10.1 Å². The molecule has 0 bridgehead atoms. The number of hydrogen-bond acceptors (Lipinski definition) is 4. The Morgan fingerprint density at radius 2 is 2.19 bits per heavy atom. The Hall–Kier alpha value is -2.08. The maximum atomic E-state index is 10.6. The van der Waals surface area contributed by atoms with Crippen molar-refractivity contribution in [2.75, 3.05) is 5.73 Å². The number of nitro groups is 1. The molecule has 0 saturated carbocycles. The van der Waals surface area contributed by atoms with Crippen molar-refractivity contribution in [1.82, 2.24) is 9.78 Å². The molecule has 1 aromatic heterocycles. The van der Waals surface area contributed by atoms with Gasteiger partial charge in [0.25, 0.3) is 5.69 Å². The lowest BCUT2D eigenvalue weighted by atomic mass is 10.2. The summed E-state index contributed by atoms with van der Waals surface area (Å²) in [7, 11) is 0. The first-order valence-corrected chi connectivity index (χ1v) is 4.69. The van der Waals surface area contributed by atoms with E-state index in [9.17, 15) is 10.1 Å². The van der Waals surface area contributed by atoms with Gasteiger partial charge in [-0.2, -0.15) is 5.10 Å². The van der Waals surface area contributed by atoms with E-state index < -0.39 is 4.92 Å². The summed E-state index contributed by atoms with van der Waals surface area (Å²) in [6.45, 7) is 0. The van der Waals surface area contributed by atoms with Gasteiger partial charge in [-0.15, -0.1) is 0 Å². The van der Waals surface area contributed by atoms with Gasteiger partial charge in [0, 0.05) is 24.0 Å². The maximum Gasteiger partial charge on any atom is 0.273 e. The highest BCUT2D eigenvalue weighted by molar-refractivity contribution is 6.30. The van der Waals surface area contributed by atoms with Crippen molar-refractivity contribution in [2.24, 2.45) is 0 Å². The summed E-state index contributed by atoms with van der Waals surface area (Å²) in [5, 5.41) is 15.0. The van der Waals surface area contributed by atoms with Gasteiger partial charge in [0.15, 0.2) is 0 Å². The lowest BCUT2D eigenvalue weighted by Crippen LogP contribution is -1.98. The molecule has 0 radical (unpaired) electrons. The van der Waals surface area contributed by atoms with E-state index in [1.165, 1.54) is 23.0 Å². The van der Waals surface area contributed by atoms with Crippen LogP contribution < -0.4 is 5.73 Å². The predicted octanol–water partition coefficient (Wildman–Crippen LogP) is 2.02. The zero-order valence-electron chi connectivity index (χ0n) is 8.00. The van der Waals surface area contributed by atoms with Crippen LogP contribution in [0.2, 0.25) is 5.02 Å². The van der Waals surface area contributed by atoms with E-state index in [4.69, 9.17) is 17.3 Å². The van der Waals surface area contributed by atoms with Gasteiger partial charge in [0.1, 0.15) is 0 Å². The molecule has 7 heteroatoms. The summed E-state index contributed by atoms with van der Waals surface area (Å²) in [6.07, 6.45) is 2.98. The van der Waals surface area contributed by atoms with Crippen molar-refractivity contribution in [1.29, 1.82) is 0 Å². The molecule has 0 fully saturated rings. The number of aromatic nitrogens is 2. The van der Waals surface area contributed by atoms with Gasteiger partial charge >= 0.3 is 0 Å². The second kappa shape index (κ2) is 3.82. The Balaban J connectivity index is 2.53. The lowest BCUT2D eigenvalue weighted by molar-refractivity contribution is -0.384. The standard InChI is InChI=1S/C9H7ClN4O2/c10-6-4-12-13(5-6)8-1-7(11)2-9(3-8)14(15)16/h1-5H,11H2. The number of non-ortho nitro benzene ring substituents is 1. The SMILES string of the molecule is Nc1cc(-n2cc(Cl)cn2)cc([N+](=O)[O-])c1. The van der Waals surface area contributed by atoms with Crippen molar-refractivity contribution >= 4 is 23.0 Å². The van der Waals surface area contributed by atoms with E-state index in [1.54, 1.807) is 12.3 Å². The van der Waals surface area contributed by atoms with Crippen molar-refractivity contribution in [3.63, 3.8) is 0 Å². The summed E-state index contributed by atoms with van der Waals surface area (Å²) in [6, 6.07) is 4.24. The van der Waals surface area contributed by atoms with Gasteiger partial charge in [0.2, 0.25) is 0 Å².